The molecule has 0 spiro atoms. The van der Waals surface area contributed by atoms with E-state index in [2.05, 4.69) is 0 Å². The summed E-state index contributed by atoms with van der Waals surface area (Å²) in [6.45, 7) is 7.69. The van der Waals surface area contributed by atoms with Gasteiger partial charge in [0, 0.05) is 0 Å². The van der Waals surface area contributed by atoms with Crippen molar-refractivity contribution in [1.29, 1.82) is 0 Å². The van der Waals surface area contributed by atoms with Crippen molar-refractivity contribution in [2.75, 3.05) is 0 Å². The normalized spacial score (nSPS) is 9.22. The van der Waals surface area contributed by atoms with Crippen LogP contribution in [0.25, 0.3) is 0 Å². The number of hydrogen-bond donors (Lipinski definition) is 0. The highest BCUT2D eigenvalue weighted by Crippen LogP contribution is 1.99. The monoisotopic (exact) mass is 125 g/mol. The third-order valence-electron chi connectivity index (χ3n) is 1.07. The first-order valence-electron chi connectivity index (χ1n) is 2.65. The molecule has 0 atom stereocenters. The van der Waals surface area contributed by atoms with Crippen LogP contribution in [0.4, 0.5) is 0 Å². The molecule has 0 saturated carbocycles. The number of rotatable bonds is 3. The number of Topliss-reactive ketones (excluding diaryl/α,β-unsaturated/α-hetero) is 2. The van der Waals surface area contributed by atoms with Crippen LogP contribution in [0.1, 0.15) is 13.8 Å². The average Bonchev–Trinajstić information content (AvgIpc) is 1.64. The van der Waals surface area contributed by atoms with Crippen LogP contribution < -0.4 is 0 Å². The van der Waals surface area contributed by atoms with Gasteiger partial charge >= 0.3 is 0 Å². The molecule has 0 saturated heterocycles. The lowest BCUT2D eigenvalue weighted by molar-refractivity contribution is -0.128. The second-order valence-electron chi connectivity index (χ2n) is 1.89. The molecule has 0 bridgehead atoms. The SMILES string of the molecule is [CH]=CC(C(C)=O)C(C)=O. The molecule has 2 heteroatoms. The Kier molecular flexibility index (Phi) is 2.85. The first-order valence-corrected chi connectivity index (χ1v) is 2.65. The summed E-state index contributed by atoms with van der Waals surface area (Å²) in [5.41, 5.74) is 0. The largest absolute Gasteiger partial charge is 0.299 e. The number of carbonyl (C=O) groups is 2. The van der Waals surface area contributed by atoms with Crippen molar-refractivity contribution in [3.8, 4) is 0 Å². The summed E-state index contributed by atoms with van der Waals surface area (Å²) in [6.07, 6.45) is 1.12. The molecule has 0 N–H and O–H groups in total. The zero-order chi connectivity index (χ0) is 7.44. The Bertz CT molecular complexity index is 133. The van der Waals surface area contributed by atoms with Gasteiger partial charge in [0.1, 0.15) is 11.6 Å². The zero-order valence-electron chi connectivity index (χ0n) is 5.55. The van der Waals surface area contributed by atoms with Gasteiger partial charge in [-0.15, -0.1) is 0 Å². The lowest BCUT2D eigenvalue weighted by Gasteiger charge is -1.99. The summed E-state index contributed by atoms with van der Waals surface area (Å²) in [6, 6.07) is 0. The van der Waals surface area contributed by atoms with Gasteiger partial charge in [-0.25, -0.2) is 0 Å². The molecule has 1 radical (unpaired) electrons. The predicted octanol–water partition coefficient (Wildman–Crippen LogP) is 0.770. The van der Waals surface area contributed by atoms with Crippen LogP contribution >= 0.6 is 0 Å². The standard InChI is InChI=1S/C7H9O2/c1-4-7(5(2)8)6(3)9/h1,4,7H,2-3H3. The van der Waals surface area contributed by atoms with Gasteiger partial charge in [0.2, 0.25) is 0 Å². The Labute approximate surface area is 54.6 Å². The minimum atomic E-state index is -0.704. The average molecular weight is 125 g/mol. The fourth-order valence-corrected chi connectivity index (χ4v) is 0.557. The van der Waals surface area contributed by atoms with E-state index < -0.39 is 5.92 Å². The van der Waals surface area contributed by atoms with Crippen molar-refractivity contribution < 1.29 is 9.59 Å². The van der Waals surface area contributed by atoms with E-state index in [1.807, 2.05) is 0 Å². The Balaban J connectivity index is 4.16. The van der Waals surface area contributed by atoms with E-state index in [1.165, 1.54) is 13.8 Å². The third kappa shape index (κ3) is 2.22. The van der Waals surface area contributed by atoms with Crippen LogP contribution in [0.3, 0.4) is 0 Å². The topological polar surface area (TPSA) is 34.1 Å². The number of carbonyl (C=O) groups excluding carboxylic acids is 2. The molecule has 0 aliphatic carbocycles. The quantitative estimate of drug-likeness (QED) is 0.522. The zero-order valence-corrected chi connectivity index (χ0v) is 5.55. The summed E-state index contributed by atoms with van der Waals surface area (Å²) >= 11 is 0. The lowest BCUT2D eigenvalue weighted by atomic mass is 10.0. The maximum absolute atomic E-state index is 10.5. The fourth-order valence-electron chi connectivity index (χ4n) is 0.557. The number of allylic oxidation sites excluding steroid dienone is 1. The molecule has 0 aromatic carbocycles. The molecule has 0 heterocycles. The Morgan fingerprint density at radius 1 is 1.33 bits per heavy atom. The minimum absolute atomic E-state index is 0.204. The molecule has 0 rings (SSSR count). The summed E-state index contributed by atoms with van der Waals surface area (Å²) in [5.74, 6) is -1.11. The highest BCUT2D eigenvalue weighted by molar-refractivity contribution is 6.01. The molecule has 0 aromatic heterocycles. The van der Waals surface area contributed by atoms with Gasteiger partial charge in [-0.1, -0.05) is 12.7 Å². The van der Waals surface area contributed by atoms with E-state index >= 15 is 0 Å². The third-order valence-corrected chi connectivity index (χ3v) is 1.07. The van der Waals surface area contributed by atoms with E-state index in [1.54, 1.807) is 0 Å². The highest BCUT2D eigenvalue weighted by atomic mass is 16.1. The molecule has 0 aromatic rings. The van der Waals surface area contributed by atoms with E-state index in [0.29, 0.717) is 0 Å². The molecular weight excluding hydrogens is 116 g/mol. The number of hydrogen-bond acceptors (Lipinski definition) is 2. The molecule has 0 amide bonds. The van der Waals surface area contributed by atoms with Gasteiger partial charge in [-0.2, -0.15) is 0 Å². The Morgan fingerprint density at radius 3 is 1.67 bits per heavy atom. The molecule has 0 aliphatic heterocycles. The summed E-state index contributed by atoms with van der Waals surface area (Å²) in [4.78, 5) is 21.0. The highest BCUT2D eigenvalue weighted by Gasteiger charge is 2.13. The van der Waals surface area contributed by atoms with Gasteiger partial charge < -0.3 is 0 Å². The first-order chi connectivity index (χ1) is 4.09. The van der Waals surface area contributed by atoms with E-state index in [9.17, 15) is 9.59 Å². The van der Waals surface area contributed by atoms with Gasteiger partial charge in [0.05, 0.1) is 5.92 Å². The van der Waals surface area contributed by atoms with Crippen LogP contribution in [0.2, 0.25) is 0 Å². The van der Waals surface area contributed by atoms with Crippen molar-refractivity contribution >= 4 is 11.6 Å². The van der Waals surface area contributed by atoms with Gasteiger partial charge in [-0.05, 0) is 13.8 Å². The predicted molar refractivity (Wildman–Crippen MR) is 33.7 cm³/mol. The lowest BCUT2D eigenvalue weighted by Crippen LogP contribution is -2.15. The maximum atomic E-state index is 10.5. The van der Waals surface area contributed by atoms with Gasteiger partial charge in [0.25, 0.3) is 0 Å². The van der Waals surface area contributed by atoms with Crippen molar-refractivity contribution in [2.24, 2.45) is 5.92 Å². The molecule has 0 aliphatic rings. The van der Waals surface area contributed by atoms with Crippen LogP contribution in [0.15, 0.2) is 6.08 Å². The van der Waals surface area contributed by atoms with E-state index in [0.717, 1.165) is 6.08 Å². The number of ketones is 2. The second-order valence-corrected chi connectivity index (χ2v) is 1.89. The smallest absolute Gasteiger partial charge is 0.144 e. The first kappa shape index (κ1) is 8.08. The van der Waals surface area contributed by atoms with Crippen molar-refractivity contribution in [3.63, 3.8) is 0 Å². The Morgan fingerprint density at radius 2 is 1.67 bits per heavy atom. The summed E-state index contributed by atoms with van der Waals surface area (Å²) in [5, 5.41) is 0. The van der Waals surface area contributed by atoms with Gasteiger partial charge in [-0.3, -0.25) is 9.59 Å². The second kappa shape index (κ2) is 3.17. The minimum Gasteiger partial charge on any atom is -0.299 e. The molecular formula is C7H9O2. The maximum Gasteiger partial charge on any atom is 0.144 e. The molecule has 0 unspecified atom stereocenters. The van der Waals surface area contributed by atoms with Crippen LogP contribution in [0, 0.1) is 12.5 Å². The van der Waals surface area contributed by atoms with Crippen molar-refractivity contribution in [2.45, 2.75) is 13.8 Å². The Hall–Kier alpha value is -0.920. The van der Waals surface area contributed by atoms with Crippen molar-refractivity contribution in [1.82, 2.24) is 0 Å². The molecule has 9 heavy (non-hydrogen) atoms. The van der Waals surface area contributed by atoms with Gasteiger partial charge in [0.15, 0.2) is 0 Å². The van der Waals surface area contributed by atoms with Crippen LogP contribution in [-0.4, -0.2) is 11.6 Å². The fraction of sp³-hybridized carbons (Fsp3) is 0.429. The van der Waals surface area contributed by atoms with E-state index in [-0.39, 0.29) is 11.6 Å². The van der Waals surface area contributed by atoms with Crippen LogP contribution in [0.5, 0.6) is 0 Å². The molecule has 2 nitrogen and oxygen atoms in total. The van der Waals surface area contributed by atoms with Crippen LogP contribution in [-0.2, 0) is 9.59 Å². The van der Waals surface area contributed by atoms with Crippen molar-refractivity contribution in [3.05, 3.63) is 12.7 Å². The van der Waals surface area contributed by atoms with E-state index in [4.69, 9.17) is 6.58 Å². The summed E-state index contributed by atoms with van der Waals surface area (Å²) in [7, 11) is 0. The summed E-state index contributed by atoms with van der Waals surface area (Å²) < 4.78 is 0. The molecule has 0 fully saturated rings. The molecule has 49 valence electrons.